The summed E-state index contributed by atoms with van der Waals surface area (Å²) in [5.41, 5.74) is 0.337. The van der Waals surface area contributed by atoms with Gasteiger partial charge >= 0.3 is 6.18 Å². The fourth-order valence-electron chi connectivity index (χ4n) is 3.04. The van der Waals surface area contributed by atoms with Crippen LogP contribution in [0.5, 0.6) is 0 Å². The standard InChI is InChI=1S/C22H17Cl4F3N2O2/c23-15-8-12(2-1-3-13-9-16(24)18(26)17(25)10-13)4-5-14(15)19(32)31-21(6-7-21)20(33)30-11-22(27,28)29/h1-2,4-5,8-10H,3,6-7,11H2,(H,30,33)(H,31,32)/b2-1+. The van der Waals surface area contributed by atoms with E-state index >= 15 is 0 Å². The molecule has 2 aromatic rings. The second-order valence-corrected chi connectivity index (χ2v) is 9.15. The van der Waals surface area contributed by atoms with Gasteiger partial charge in [-0.3, -0.25) is 9.59 Å². The minimum Gasteiger partial charge on any atom is -0.345 e. The minimum absolute atomic E-state index is 0.111. The zero-order valence-corrected chi connectivity index (χ0v) is 19.9. The van der Waals surface area contributed by atoms with Crippen molar-refractivity contribution < 1.29 is 22.8 Å². The van der Waals surface area contributed by atoms with Crippen LogP contribution in [0.15, 0.2) is 36.4 Å². The van der Waals surface area contributed by atoms with Gasteiger partial charge in [0.05, 0.1) is 25.7 Å². The highest BCUT2D eigenvalue weighted by Crippen LogP contribution is 2.36. The van der Waals surface area contributed by atoms with E-state index in [0.29, 0.717) is 22.0 Å². The molecule has 176 valence electrons. The van der Waals surface area contributed by atoms with Crippen LogP contribution in [-0.2, 0) is 11.2 Å². The largest absolute Gasteiger partial charge is 0.405 e. The molecular formula is C22H17Cl4F3N2O2. The molecule has 2 aromatic carbocycles. The molecule has 1 aliphatic rings. The summed E-state index contributed by atoms with van der Waals surface area (Å²) in [4.78, 5) is 24.7. The molecular weight excluding hydrogens is 523 g/mol. The third-order valence-electron chi connectivity index (χ3n) is 4.93. The Morgan fingerprint density at radius 2 is 1.64 bits per heavy atom. The molecule has 0 aliphatic heterocycles. The average Bonchev–Trinajstić information content (AvgIpc) is 3.50. The monoisotopic (exact) mass is 538 g/mol. The number of alkyl halides is 3. The Bertz CT molecular complexity index is 1090. The van der Waals surface area contributed by atoms with Gasteiger partial charge in [0, 0.05) is 0 Å². The summed E-state index contributed by atoms with van der Waals surface area (Å²) in [7, 11) is 0. The van der Waals surface area contributed by atoms with Gasteiger partial charge in [0.1, 0.15) is 12.1 Å². The summed E-state index contributed by atoms with van der Waals surface area (Å²) in [6.45, 7) is -1.46. The van der Waals surface area contributed by atoms with Gasteiger partial charge in [-0.2, -0.15) is 13.2 Å². The lowest BCUT2D eigenvalue weighted by Crippen LogP contribution is -2.50. The van der Waals surface area contributed by atoms with Crippen molar-refractivity contribution in [2.24, 2.45) is 0 Å². The number of amides is 2. The van der Waals surface area contributed by atoms with Gasteiger partial charge in [0.15, 0.2) is 0 Å². The number of benzene rings is 2. The topological polar surface area (TPSA) is 58.2 Å². The molecule has 0 heterocycles. The first kappa shape index (κ1) is 25.7. The normalized spacial score (nSPS) is 14.9. The molecule has 4 nitrogen and oxygen atoms in total. The quantitative estimate of drug-likeness (QED) is 0.395. The number of halogens is 7. The first-order valence-electron chi connectivity index (χ1n) is 9.67. The molecule has 0 unspecified atom stereocenters. The molecule has 0 atom stereocenters. The van der Waals surface area contributed by atoms with Crippen LogP contribution in [0.4, 0.5) is 13.2 Å². The summed E-state index contributed by atoms with van der Waals surface area (Å²) >= 11 is 24.2. The lowest BCUT2D eigenvalue weighted by Gasteiger charge is -2.18. The number of hydrogen-bond donors (Lipinski definition) is 2. The summed E-state index contributed by atoms with van der Waals surface area (Å²) in [6, 6.07) is 8.12. The summed E-state index contributed by atoms with van der Waals surface area (Å²) in [5.74, 6) is -1.51. The zero-order chi connectivity index (χ0) is 24.4. The molecule has 11 heteroatoms. The number of hydrogen-bond acceptors (Lipinski definition) is 2. The van der Waals surface area contributed by atoms with Crippen LogP contribution in [0, 0.1) is 0 Å². The van der Waals surface area contributed by atoms with Crippen LogP contribution in [-0.4, -0.2) is 30.1 Å². The lowest BCUT2D eigenvalue weighted by atomic mass is 10.1. The summed E-state index contributed by atoms with van der Waals surface area (Å²) < 4.78 is 37.0. The van der Waals surface area contributed by atoms with Gasteiger partial charge in [0.25, 0.3) is 5.91 Å². The lowest BCUT2D eigenvalue weighted by molar-refractivity contribution is -0.140. The van der Waals surface area contributed by atoms with E-state index in [0.717, 1.165) is 5.56 Å². The number of allylic oxidation sites excluding steroid dienone is 1. The average molecular weight is 540 g/mol. The SMILES string of the molecule is O=C(NC1(C(=O)NCC(F)(F)F)CC1)c1ccc(/C=C/Cc2cc(Cl)c(Cl)c(Cl)c2)cc1Cl. The minimum atomic E-state index is -4.53. The maximum atomic E-state index is 12.6. The van der Waals surface area contributed by atoms with Crippen molar-refractivity contribution in [3.63, 3.8) is 0 Å². The number of carbonyl (C=O) groups excluding carboxylic acids is 2. The highest BCUT2D eigenvalue weighted by molar-refractivity contribution is 6.48. The zero-order valence-electron chi connectivity index (χ0n) is 16.8. The Labute approximate surface area is 208 Å². The molecule has 1 saturated carbocycles. The van der Waals surface area contributed by atoms with Crippen molar-refractivity contribution in [1.82, 2.24) is 10.6 Å². The van der Waals surface area contributed by atoms with E-state index in [-0.39, 0.29) is 28.5 Å². The van der Waals surface area contributed by atoms with E-state index in [1.54, 1.807) is 30.3 Å². The fourth-order valence-corrected chi connectivity index (χ4v) is 3.96. The third kappa shape index (κ3) is 6.79. The van der Waals surface area contributed by atoms with Gasteiger partial charge in [-0.25, -0.2) is 0 Å². The van der Waals surface area contributed by atoms with Crippen LogP contribution in [0.25, 0.3) is 6.08 Å². The van der Waals surface area contributed by atoms with Crippen molar-refractivity contribution in [3.05, 3.63) is 73.2 Å². The van der Waals surface area contributed by atoms with Crippen LogP contribution < -0.4 is 10.6 Å². The van der Waals surface area contributed by atoms with E-state index in [1.165, 1.54) is 6.07 Å². The van der Waals surface area contributed by atoms with E-state index < -0.39 is 30.1 Å². The molecule has 3 rings (SSSR count). The Balaban J connectivity index is 1.62. The van der Waals surface area contributed by atoms with Crippen molar-refractivity contribution in [2.45, 2.75) is 31.0 Å². The van der Waals surface area contributed by atoms with Crippen LogP contribution in [0.2, 0.25) is 20.1 Å². The number of nitrogens with one attached hydrogen (secondary N) is 2. The summed E-state index contributed by atoms with van der Waals surface area (Å²) in [6.07, 6.45) is 0.127. The van der Waals surface area contributed by atoms with Crippen molar-refractivity contribution in [3.8, 4) is 0 Å². The molecule has 0 aromatic heterocycles. The maximum absolute atomic E-state index is 12.6. The van der Waals surface area contributed by atoms with Crippen LogP contribution >= 0.6 is 46.4 Å². The van der Waals surface area contributed by atoms with Gasteiger partial charge in [-0.15, -0.1) is 0 Å². The van der Waals surface area contributed by atoms with Crippen LogP contribution in [0.1, 0.15) is 34.3 Å². The fraction of sp³-hybridized carbons (Fsp3) is 0.273. The number of rotatable bonds is 7. The molecule has 0 bridgehead atoms. The third-order valence-corrected chi connectivity index (χ3v) is 6.44. The highest BCUT2D eigenvalue weighted by Gasteiger charge is 2.52. The second-order valence-electron chi connectivity index (χ2n) is 7.55. The molecule has 2 N–H and O–H groups in total. The van der Waals surface area contributed by atoms with Gasteiger partial charge in [0.2, 0.25) is 5.91 Å². The molecule has 0 spiro atoms. The van der Waals surface area contributed by atoms with E-state index in [9.17, 15) is 22.8 Å². The van der Waals surface area contributed by atoms with E-state index in [4.69, 9.17) is 46.4 Å². The molecule has 1 fully saturated rings. The first-order chi connectivity index (χ1) is 15.4. The van der Waals surface area contributed by atoms with Crippen LogP contribution in [0.3, 0.4) is 0 Å². The first-order valence-corrected chi connectivity index (χ1v) is 11.2. The molecule has 0 radical (unpaired) electrons. The number of carbonyl (C=O) groups is 2. The van der Waals surface area contributed by atoms with Gasteiger partial charge in [-0.05, 0) is 54.7 Å². The Hall–Kier alpha value is -1.93. The summed E-state index contributed by atoms with van der Waals surface area (Å²) in [5, 5.41) is 5.44. The maximum Gasteiger partial charge on any atom is 0.405 e. The predicted molar refractivity (Wildman–Crippen MR) is 124 cm³/mol. The van der Waals surface area contributed by atoms with Crippen molar-refractivity contribution >= 4 is 64.3 Å². The van der Waals surface area contributed by atoms with Crippen molar-refractivity contribution in [1.29, 1.82) is 0 Å². The molecule has 1 aliphatic carbocycles. The second kappa shape index (κ2) is 10.1. The van der Waals surface area contributed by atoms with E-state index in [2.05, 4.69) is 5.32 Å². The Morgan fingerprint density at radius 1 is 1.00 bits per heavy atom. The highest BCUT2D eigenvalue weighted by atomic mass is 35.5. The van der Waals surface area contributed by atoms with Gasteiger partial charge in [-0.1, -0.05) is 64.6 Å². The molecule has 2 amide bonds. The Morgan fingerprint density at radius 3 is 2.18 bits per heavy atom. The molecule has 33 heavy (non-hydrogen) atoms. The van der Waals surface area contributed by atoms with Crippen molar-refractivity contribution in [2.75, 3.05) is 6.54 Å². The predicted octanol–water partition coefficient (Wildman–Crippen LogP) is 6.50. The molecule has 0 saturated heterocycles. The van der Waals surface area contributed by atoms with E-state index in [1.807, 2.05) is 11.4 Å². The smallest absolute Gasteiger partial charge is 0.345 e. The van der Waals surface area contributed by atoms with Gasteiger partial charge < -0.3 is 10.6 Å². The Kier molecular flexibility index (Phi) is 7.89.